The summed E-state index contributed by atoms with van der Waals surface area (Å²) in [6.07, 6.45) is 0. The van der Waals surface area contributed by atoms with Gasteiger partial charge < -0.3 is 15.2 Å². The van der Waals surface area contributed by atoms with Gasteiger partial charge in [-0.25, -0.2) is 0 Å². The molecule has 2 rings (SSSR count). The number of carbonyl (C=O) groups excluding carboxylic acids is 1. The van der Waals surface area contributed by atoms with Crippen molar-refractivity contribution in [3.8, 4) is 11.5 Å². The molecule has 144 valence electrons. The van der Waals surface area contributed by atoms with Gasteiger partial charge in [-0.3, -0.25) is 10.1 Å². The molecule has 3 N–H and O–H groups in total. The molecule has 27 heavy (non-hydrogen) atoms. The molecule has 0 bridgehead atoms. The summed E-state index contributed by atoms with van der Waals surface area (Å²) < 4.78 is 6.73. The van der Waals surface area contributed by atoms with E-state index >= 15 is 0 Å². The molecule has 0 aliphatic carbocycles. The molecule has 0 spiro atoms. The van der Waals surface area contributed by atoms with Crippen molar-refractivity contribution < 1.29 is 14.6 Å². The van der Waals surface area contributed by atoms with Crippen LogP contribution in [0.3, 0.4) is 0 Å². The molecule has 1 amide bonds. The second-order valence-corrected chi connectivity index (χ2v) is 7.87. The van der Waals surface area contributed by atoms with E-state index in [9.17, 15) is 9.90 Å². The molecule has 0 radical (unpaired) electrons. The first-order valence-electron chi connectivity index (χ1n) is 8.50. The van der Waals surface area contributed by atoms with E-state index < -0.39 is 0 Å². The number of hydrogen-bond acceptors (Lipinski definition) is 4. The van der Waals surface area contributed by atoms with E-state index in [4.69, 9.17) is 17.0 Å². The van der Waals surface area contributed by atoms with E-state index in [1.807, 2.05) is 26.0 Å². The van der Waals surface area contributed by atoms with Gasteiger partial charge in [-0.05, 0) is 72.9 Å². The molecule has 0 unspecified atom stereocenters. The van der Waals surface area contributed by atoms with Gasteiger partial charge in [0.25, 0.3) is 5.91 Å². The maximum absolute atomic E-state index is 12.2. The Bertz CT molecular complexity index is 869. The minimum Gasteiger partial charge on any atom is -0.506 e. The van der Waals surface area contributed by atoms with Crippen LogP contribution < -0.4 is 15.4 Å². The number of halogens is 1. The Kier molecular flexibility index (Phi) is 7.21. The average molecular weight is 451 g/mol. The van der Waals surface area contributed by atoms with Crippen molar-refractivity contribution >= 4 is 44.9 Å². The summed E-state index contributed by atoms with van der Waals surface area (Å²) in [7, 11) is 0. The minimum absolute atomic E-state index is 0.0559. The van der Waals surface area contributed by atoms with Crippen molar-refractivity contribution in [1.29, 1.82) is 0 Å². The van der Waals surface area contributed by atoms with E-state index in [2.05, 4.69) is 40.4 Å². The minimum atomic E-state index is -0.380. The Morgan fingerprint density at radius 3 is 2.63 bits per heavy atom. The smallest absolute Gasteiger partial charge is 0.264 e. The topological polar surface area (TPSA) is 70.6 Å². The number of aryl methyl sites for hydroxylation is 2. The number of rotatable bonds is 5. The van der Waals surface area contributed by atoms with Gasteiger partial charge in [-0.2, -0.15) is 0 Å². The molecule has 0 aliphatic heterocycles. The van der Waals surface area contributed by atoms with Gasteiger partial charge in [-0.1, -0.05) is 35.8 Å². The fraction of sp³-hybridized carbons (Fsp3) is 0.300. The van der Waals surface area contributed by atoms with Crippen LogP contribution in [-0.2, 0) is 4.79 Å². The van der Waals surface area contributed by atoms with Crippen LogP contribution in [0.4, 0.5) is 5.69 Å². The van der Waals surface area contributed by atoms with E-state index in [1.54, 1.807) is 18.2 Å². The number of ether oxygens (including phenoxy) is 1. The Morgan fingerprint density at radius 2 is 1.96 bits per heavy atom. The summed E-state index contributed by atoms with van der Waals surface area (Å²) in [5.41, 5.74) is 3.44. The largest absolute Gasteiger partial charge is 0.506 e. The number of thiocarbonyl (C=S) groups is 1. The SMILES string of the molecule is Cc1ccc(O)c(NC(=S)NC(=O)COc2cc(C)c(Br)cc2C(C)C)c1. The second-order valence-electron chi connectivity index (χ2n) is 6.61. The van der Waals surface area contributed by atoms with Gasteiger partial charge in [0, 0.05) is 4.47 Å². The van der Waals surface area contributed by atoms with Crippen LogP contribution in [0.2, 0.25) is 0 Å². The van der Waals surface area contributed by atoms with Crippen LogP contribution in [0, 0.1) is 13.8 Å². The van der Waals surface area contributed by atoms with Gasteiger partial charge in [0.15, 0.2) is 11.7 Å². The van der Waals surface area contributed by atoms with Gasteiger partial charge in [0.2, 0.25) is 0 Å². The maximum Gasteiger partial charge on any atom is 0.264 e. The monoisotopic (exact) mass is 450 g/mol. The fourth-order valence-corrected chi connectivity index (χ4v) is 3.04. The van der Waals surface area contributed by atoms with Crippen molar-refractivity contribution in [1.82, 2.24) is 5.32 Å². The Balaban J connectivity index is 1.97. The molecule has 0 aromatic heterocycles. The molecule has 0 heterocycles. The predicted molar refractivity (Wildman–Crippen MR) is 116 cm³/mol. The molecule has 2 aromatic rings. The summed E-state index contributed by atoms with van der Waals surface area (Å²) in [5, 5.41) is 15.3. The zero-order valence-electron chi connectivity index (χ0n) is 15.7. The lowest BCUT2D eigenvalue weighted by atomic mass is 10.0. The van der Waals surface area contributed by atoms with Crippen molar-refractivity contribution in [3.63, 3.8) is 0 Å². The lowest BCUT2D eigenvalue weighted by Crippen LogP contribution is -2.37. The van der Waals surface area contributed by atoms with Crippen LogP contribution in [0.25, 0.3) is 0 Å². The molecular weight excluding hydrogens is 428 g/mol. The predicted octanol–water partition coefficient (Wildman–Crippen LogP) is 4.79. The number of nitrogens with one attached hydrogen (secondary N) is 2. The first-order chi connectivity index (χ1) is 12.7. The molecule has 0 saturated carbocycles. The van der Waals surface area contributed by atoms with E-state index in [-0.39, 0.29) is 29.3 Å². The second kappa shape index (κ2) is 9.19. The summed E-state index contributed by atoms with van der Waals surface area (Å²) in [6.45, 7) is 7.83. The summed E-state index contributed by atoms with van der Waals surface area (Å²) in [6, 6.07) is 9.01. The lowest BCUT2D eigenvalue weighted by Gasteiger charge is -2.16. The molecule has 7 heteroatoms. The summed E-state index contributed by atoms with van der Waals surface area (Å²) in [5.74, 6) is 0.610. The number of phenolic OH excluding ortho intramolecular Hbond substituents is 1. The molecule has 0 saturated heterocycles. The highest BCUT2D eigenvalue weighted by Gasteiger charge is 2.13. The molecule has 0 atom stereocenters. The lowest BCUT2D eigenvalue weighted by molar-refractivity contribution is -0.121. The van der Waals surface area contributed by atoms with Gasteiger partial charge in [0.05, 0.1) is 5.69 Å². The first kappa shape index (κ1) is 21.2. The van der Waals surface area contributed by atoms with Crippen LogP contribution in [0.1, 0.15) is 36.5 Å². The quantitative estimate of drug-likeness (QED) is 0.451. The normalized spacial score (nSPS) is 10.6. The maximum atomic E-state index is 12.2. The highest BCUT2D eigenvalue weighted by molar-refractivity contribution is 9.10. The fourth-order valence-electron chi connectivity index (χ4n) is 2.46. The molecule has 0 aliphatic rings. The average Bonchev–Trinajstić information content (AvgIpc) is 2.58. The number of amides is 1. The number of phenols is 1. The number of aromatic hydroxyl groups is 1. The van der Waals surface area contributed by atoms with Crippen molar-refractivity contribution in [2.75, 3.05) is 11.9 Å². The summed E-state index contributed by atoms with van der Waals surface area (Å²) in [4.78, 5) is 12.2. The molecular formula is C20H23BrN2O3S. The van der Waals surface area contributed by atoms with Crippen molar-refractivity contribution in [2.45, 2.75) is 33.6 Å². The Hall–Kier alpha value is -2.12. The van der Waals surface area contributed by atoms with Gasteiger partial charge >= 0.3 is 0 Å². The number of hydrogen-bond donors (Lipinski definition) is 3. The number of carbonyl (C=O) groups is 1. The van der Waals surface area contributed by atoms with E-state index in [0.717, 1.165) is 21.2 Å². The Labute approximate surface area is 173 Å². The first-order valence-corrected chi connectivity index (χ1v) is 9.70. The molecule has 0 fully saturated rings. The number of benzene rings is 2. The van der Waals surface area contributed by atoms with Crippen LogP contribution in [0.5, 0.6) is 11.5 Å². The number of anilines is 1. The summed E-state index contributed by atoms with van der Waals surface area (Å²) >= 11 is 8.66. The highest BCUT2D eigenvalue weighted by Crippen LogP contribution is 2.32. The van der Waals surface area contributed by atoms with Crippen LogP contribution in [-0.4, -0.2) is 22.7 Å². The third-order valence-corrected chi connectivity index (χ3v) is 4.98. The third kappa shape index (κ3) is 5.94. The van der Waals surface area contributed by atoms with Crippen molar-refractivity contribution in [3.05, 3.63) is 51.5 Å². The van der Waals surface area contributed by atoms with Gasteiger partial charge in [0.1, 0.15) is 11.5 Å². The van der Waals surface area contributed by atoms with E-state index in [1.165, 1.54) is 0 Å². The zero-order chi connectivity index (χ0) is 20.1. The highest BCUT2D eigenvalue weighted by atomic mass is 79.9. The van der Waals surface area contributed by atoms with Crippen molar-refractivity contribution in [2.24, 2.45) is 0 Å². The van der Waals surface area contributed by atoms with Gasteiger partial charge in [-0.15, -0.1) is 0 Å². The van der Waals surface area contributed by atoms with E-state index in [0.29, 0.717) is 11.4 Å². The molecule has 5 nitrogen and oxygen atoms in total. The van der Waals surface area contributed by atoms with Crippen LogP contribution in [0.15, 0.2) is 34.8 Å². The standard InChI is InChI=1S/C20H23BrN2O3S/c1-11(2)14-9-15(21)13(4)8-18(14)26-10-19(25)23-20(27)22-16-7-12(3)5-6-17(16)24/h5-9,11,24H,10H2,1-4H3,(H2,22,23,25,27). The Morgan fingerprint density at radius 1 is 1.26 bits per heavy atom. The third-order valence-electron chi connectivity index (χ3n) is 3.93. The zero-order valence-corrected chi connectivity index (χ0v) is 18.1. The van der Waals surface area contributed by atoms with Crippen LogP contribution >= 0.6 is 28.1 Å². The molecule has 2 aromatic carbocycles.